The van der Waals surface area contributed by atoms with E-state index >= 15 is 0 Å². The molecular formula is C33H36ClN5O5S. The Morgan fingerprint density at radius 3 is 2.09 bits per heavy atom. The zero-order valence-corrected chi connectivity index (χ0v) is 26.4. The zero-order valence-electron chi connectivity index (χ0n) is 24.8. The zero-order chi connectivity index (χ0) is 31.1. The van der Waals surface area contributed by atoms with Gasteiger partial charge in [0.25, 0.3) is 0 Å². The van der Waals surface area contributed by atoms with Crippen LogP contribution in [-0.2, 0) is 16.6 Å². The van der Waals surface area contributed by atoms with Gasteiger partial charge >= 0.3 is 6.03 Å². The van der Waals surface area contributed by atoms with Crippen molar-refractivity contribution in [3.8, 4) is 11.5 Å². The van der Waals surface area contributed by atoms with Crippen molar-refractivity contribution in [2.24, 2.45) is 5.73 Å². The van der Waals surface area contributed by atoms with Gasteiger partial charge in [-0.1, -0.05) is 36.4 Å². The van der Waals surface area contributed by atoms with E-state index in [1.165, 1.54) is 0 Å². The monoisotopic (exact) mass is 649 g/mol. The van der Waals surface area contributed by atoms with Crippen molar-refractivity contribution >= 4 is 51.4 Å². The van der Waals surface area contributed by atoms with E-state index in [1.807, 2.05) is 59.5 Å². The molecule has 4 aromatic carbocycles. The molecule has 1 aliphatic rings. The van der Waals surface area contributed by atoms with Crippen molar-refractivity contribution in [2.45, 2.75) is 25.4 Å². The predicted octanol–water partition coefficient (Wildman–Crippen LogP) is 6.07. The average molecular weight is 650 g/mol. The lowest BCUT2D eigenvalue weighted by molar-refractivity contribution is 0.1000. The molecule has 10 nitrogen and oxygen atoms in total. The molecule has 3 amide bonds. The van der Waals surface area contributed by atoms with Crippen LogP contribution < -0.4 is 25.4 Å². The first-order chi connectivity index (χ1) is 21.1. The van der Waals surface area contributed by atoms with Crippen molar-refractivity contribution < 1.29 is 22.7 Å². The van der Waals surface area contributed by atoms with E-state index in [-0.39, 0.29) is 24.5 Å². The molecule has 0 unspecified atom stereocenters. The van der Waals surface area contributed by atoms with Gasteiger partial charge in [-0.15, -0.1) is 12.4 Å². The molecule has 4 aromatic rings. The molecule has 1 saturated heterocycles. The van der Waals surface area contributed by atoms with Gasteiger partial charge in [-0.2, -0.15) is 0 Å². The summed E-state index contributed by atoms with van der Waals surface area (Å²) in [6, 6.07) is 30.6. The second kappa shape index (κ2) is 14.9. The van der Waals surface area contributed by atoms with Gasteiger partial charge in [0.05, 0.1) is 6.26 Å². The summed E-state index contributed by atoms with van der Waals surface area (Å²) < 4.78 is 31.1. The molecule has 0 spiro atoms. The normalized spacial score (nSPS) is 13.7. The van der Waals surface area contributed by atoms with Gasteiger partial charge in [0.2, 0.25) is 15.9 Å². The Morgan fingerprint density at radius 1 is 0.867 bits per heavy atom. The number of primary amides is 1. The van der Waals surface area contributed by atoms with Crippen molar-refractivity contribution in [2.75, 3.05) is 34.3 Å². The number of piperidine rings is 1. The summed E-state index contributed by atoms with van der Waals surface area (Å²) in [6.07, 6.45) is 2.71. The number of ether oxygens (including phenoxy) is 1. The maximum Gasteiger partial charge on any atom is 0.326 e. The minimum atomic E-state index is -3.33. The lowest BCUT2D eigenvalue weighted by Gasteiger charge is -2.38. The second-order valence-corrected chi connectivity index (χ2v) is 12.5. The van der Waals surface area contributed by atoms with E-state index < -0.39 is 15.9 Å². The Labute approximate surface area is 269 Å². The number of urea groups is 1. The van der Waals surface area contributed by atoms with Crippen LogP contribution >= 0.6 is 12.4 Å². The highest BCUT2D eigenvalue weighted by Crippen LogP contribution is 2.27. The number of anilines is 3. The molecule has 4 N–H and O–H groups in total. The predicted molar refractivity (Wildman–Crippen MR) is 180 cm³/mol. The van der Waals surface area contributed by atoms with Gasteiger partial charge in [-0.25, -0.2) is 13.2 Å². The quantitative estimate of drug-likeness (QED) is 0.191. The molecule has 0 radical (unpaired) electrons. The van der Waals surface area contributed by atoms with E-state index in [1.54, 1.807) is 48.5 Å². The topological polar surface area (TPSA) is 134 Å². The first-order valence-corrected chi connectivity index (χ1v) is 16.1. The fourth-order valence-corrected chi connectivity index (χ4v) is 5.78. The van der Waals surface area contributed by atoms with Crippen molar-refractivity contribution in [1.82, 2.24) is 4.90 Å². The summed E-state index contributed by atoms with van der Waals surface area (Å²) in [6.45, 7) is 2.42. The third kappa shape index (κ3) is 9.45. The Kier molecular flexibility index (Phi) is 11.1. The van der Waals surface area contributed by atoms with Crippen LogP contribution in [-0.4, -0.2) is 50.6 Å². The summed E-state index contributed by atoms with van der Waals surface area (Å²) in [5, 5.41) is 2.94. The number of para-hydroxylation sites is 1. The number of hydrogen-bond acceptors (Lipinski definition) is 6. The maximum absolute atomic E-state index is 13.5. The molecular weight excluding hydrogens is 614 g/mol. The number of nitrogens with two attached hydrogens (primary N) is 1. The fourth-order valence-electron chi connectivity index (χ4n) is 5.21. The van der Waals surface area contributed by atoms with Crippen LogP contribution in [0.15, 0.2) is 103 Å². The smallest absolute Gasteiger partial charge is 0.326 e. The number of amides is 3. The highest BCUT2D eigenvalue weighted by molar-refractivity contribution is 7.92. The summed E-state index contributed by atoms with van der Waals surface area (Å²) in [7, 11) is -3.33. The molecule has 12 heteroatoms. The number of carbonyl (C=O) groups is 2. The van der Waals surface area contributed by atoms with E-state index in [9.17, 15) is 18.0 Å². The van der Waals surface area contributed by atoms with Crippen molar-refractivity contribution in [3.05, 3.63) is 114 Å². The largest absolute Gasteiger partial charge is 0.457 e. The highest BCUT2D eigenvalue weighted by Gasteiger charge is 2.29. The number of rotatable bonds is 10. The minimum absolute atomic E-state index is 0. The molecule has 5 rings (SSSR count). The summed E-state index contributed by atoms with van der Waals surface area (Å²) in [5.41, 5.74) is 8.70. The molecule has 1 fully saturated rings. The Hall–Kier alpha value is -4.58. The molecule has 0 bridgehead atoms. The molecule has 1 heterocycles. The number of likely N-dealkylation sites (tertiary alicyclic amines) is 1. The number of sulfonamides is 1. The number of nitrogens with one attached hydrogen (secondary N) is 2. The maximum atomic E-state index is 13.5. The van der Waals surface area contributed by atoms with E-state index in [2.05, 4.69) is 14.9 Å². The molecule has 0 saturated carbocycles. The molecule has 0 aliphatic carbocycles. The molecule has 45 heavy (non-hydrogen) atoms. The van der Waals surface area contributed by atoms with Crippen LogP contribution in [0.4, 0.5) is 21.9 Å². The van der Waals surface area contributed by atoms with Crippen LogP contribution in [0.25, 0.3) is 0 Å². The third-order valence-corrected chi connectivity index (χ3v) is 7.90. The minimum Gasteiger partial charge on any atom is -0.457 e. The lowest BCUT2D eigenvalue weighted by atomic mass is 10.0. The number of nitrogens with zero attached hydrogens (tertiary/aromatic N) is 2. The second-order valence-electron chi connectivity index (χ2n) is 10.7. The average Bonchev–Trinajstić information content (AvgIpc) is 3.00. The number of hydrogen-bond donors (Lipinski definition) is 3. The Morgan fingerprint density at radius 2 is 1.49 bits per heavy atom. The molecule has 0 atom stereocenters. The highest BCUT2D eigenvalue weighted by atomic mass is 35.5. The fraction of sp³-hybridized carbons (Fsp3) is 0.212. The van der Waals surface area contributed by atoms with Crippen LogP contribution in [0.1, 0.15) is 28.8 Å². The van der Waals surface area contributed by atoms with Gasteiger partial charge in [-0.3, -0.25) is 19.3 Å². The SMILES string of the molecule is CS(=O)(=O)Nc1ccc(Oc2ccc(CN3CCC(N(C(=O)Nc4cccc(C(N)=O)c4)c4ccccc4)CC3)cc2)cc1.Cl. The van der Waals surface area contributed by atoms with E-state index in [0.29, 0.717) is 28.4 Å². The summed E-state index contributed by atoms with van der Waals surface area (Å²) in [4.78, 5) is 29.3. The van der Waals surface area contributed by atoms with Crippen LogP contribution in [0.5, 0.6) is 11.5 Å². The lowest BCUT2D eigenvalue weighted by Crippen LogP contribution is -2.49. The summed E-state index contributed by atoms with van der Waals surface area (Å²) in [5.74, 6) is 0.736. The Bertz CT molecular complexity index is 1700. The number of benzene rings is 4. The van der Waals surface area contributed by atoms with Crippen LogP contribution in [0.2, 0.25) is 0 Å². The van der Waals surface area contributed by atoms with Gasteiger partial charge in [0, 0.05) is 48.3 Å². The number of halogens is 1. The van der Waals surface area contributed by atoms with Gasteiger partial charge in [0.15, 0.2) is 0 Å². The first-order valence-electron chi connectivity index (χ1n) is 14.2. The van der Waals surface area contributed by atoms with E-state index in [0.717, 1.165) is 50.0 Å². The van der Waals surface area contributed by atoms with Gasteiger partial charge < -0.3 is 15.8 Å². The van der Waals surface area contributed by atoms with Gasteiger partial charge in [0.1, 0.15) is 11.5 Å². The molecule has 236 valence electrons. The van der Waals surface area contributed by atoms with Crippen molar-refractivity contribution in [1.29, 1.82) is 0 Å². The van der Waals surface area contributed by atoms with E-state index in [4.69, 9.17) is 10.5 Å². The van der Waals surface area contributed by atoms with Gasteiger partial charge in [-0.05, 0) is 85.1 Å². The van der Waals surface area contributed by atoms with Crippen LogP contribution in [0.3, 0.4) is 0 Å². The van der Waals surface area contributed by atoms with Crippen molar-refractivity contribution in [3.63, 3.8) is 0 Å². The third-order valence-electron chi connectivity index (χ3n) is 7.30. The molecule has 0 aromatic heterocycles. The standard InChI is InChI=1S/C33H35N5O5S.ClH/c1-44(41,42)36-26-12-16-31(17-13-26)43-30-14-10-24(11-15-30)23-37-20-18-29(19-21-37)38(28-8-3-2-4-9-28)33(40)35-27-7-5-6-25(22-27)32(34)39;/h2-17,22,29,36H,18-21,23H2,1H3,(H2,34,39)(H,35,40);1H. The first kappa shape index (κ1) is 33.3. The number of carbonyl (C=O) groups excluding carboxylic acids is 2. The van der Waals surface area contributed by atoms with Crippen LogP contribution in [0, 0.1) is 0 Å². The Balaban J connectivity index is 0.00000461. The summed E-state index contributed by atoms with van der Waals surface area (Å²) >= 11 is 0. The molecule has 1 aliphatic heterocycles.